The zero-order chi connectivity index (χ0) is 20.1. The van der Waals surface area contributed by atoms with Crippen molar-refractivity contribution < 1.29 is 4.79 Å². The van der Waals surface area contributed by atoms with E-state index in [2.05, 4.69) is 38.1 Å². The molecular weight excluding hydrogens is 491 g/mol. The fourth-order valence-electron chi connectivity index (χ4n) is 3.94. The van der Waals surface area contributed by atoms with Crippen LogP contribution >= 0.6 is 24.0 Å². The van der Waals surface area contributed by atoms with Gasteiger partial charge in [-0.3, -0.25) is 4.79 Å². The third-order valence-electron chi connectivity index (χ3n) is 5.44. The minimum atomic E-state index is 0. The number of aromatic nitrogens is 1. The van der Waals surface area contributed by atoms with Crippen molar-refractivity contribution >= 4 is 47.3 Å². The standard InChI is InChI=1S/C22H28N6O.HI/c1-2-23-22(27-15-13-26(14-16-27)20-9-5-6-11-24-20)25-17-21(29)28-12-10-18-7-3-4-8-19(18)28;/h3-9,11H,2,10,12-17H2,1H3,(H,23,25);1H. The molecule has 0 spiro atoms. The van der Waals surface area contributed by atoms with Crippen LogP contribution in [0.5, 0.6) is 0 Å². The van der Waals surface area contributed by atoms with Crippen LogP contribution in [-0.4, -0.2) is 67.6 Å². The van der Waals surface area contributed by atoms with Gasteiger partial charge < -0.3 is 20.0 Å². The maximum Gasteiger partial charge on any atom is 0.248 e. The van der Waals surface area contributed by atoms with E-state index < -0.39 is 0 Å². The minimum absolute atomic E-state index is 0. The number of nitrogens with one attached hydrogen (secondary N) is 1. The monoisotopic (exact) mass is 520 g/mol. The molecule has 1 fully saturated rings. The Morgan fingerprint density at radius 2 is 1.83 bits per heavy atom. The summed E-state index contributed by atoms with van der Waals surface area (Å²) in [5.74, 6) is 1.88. The summed E-state index contributed by atoms with van der Waals surface area (Å²) in [6.45, 7) is 7.21. The molecule has 1 saturated heterocycles. The number of carbonyl (C=O) groups excluding carboxylic acids is 1. The molecule has 0 aliphatic carbocycles. The average molecular weight is 520 g/mol. The summed E-state index contributed by atoms with van der Waals surface area (Å²) < 4.78 is 0. The van der Waals surface area contributed by atoms with Gasteiger partial charge in [0.2, 0.25) is 5.91 Å². The summed E-state index contributed by atoms with van der Waals surface area (Å²) in [4.78, 5) is 28.3. The molecule has 8 heteroatoms. The maximum atomic E-state index is 12.8. The van der Waals surface area contributed by atoms with E-state index in [1.807, 2.05) is 47.5 Å². The minimum Gasteiger partial charge on any atom is -0.357 e. The molecule has 2 aliphatic heterocycles. The average Bonchev–Trinajstić information content (AvgIpc) is 3.21. The Balaban J connectivity index is 0.00000256. The van der Waals surface area contributed by atoms with E-state index in [1.54, 1.807) is 0 Å². The zero-order valence-electron chi connectivity index (χ0n) is 17.3. The number of pyridine rings is 1. The van der Waals surface area contributed by atoms with Crippen molar-refractivity contribution in [3.8, 4) is 0 Å². The summed E-state index contributed by atoms with van der Waals surface area (Å²) in [7, 11) is 0. The molecule has 3 heterocycles. The highest BCUT2D eigenvalue weighted by Gasteiger charge is 2.25. The first-order chi connectivity index (χ1) is 14.3. The van der Waals surface area contributed by atoms with Crippen molar-refractivity contribution in [2.24, 2.45) is 4.99 Å². The van der Waals surface area contributed by atoms with E-state index in [0.29, 0.717) is 0 Å². The molecule has 1 aromatic heterocycles. The van der Waals surface area contributed by atoms with Crippen molar-refractivity contribution in [3.05, 3.63) is 54.2 Å². The number of amides is 1. The normalized spacial score (nSPS) is 16.2. The zero-order valence-corrected chi connectivity index (χ0v) is 19.7. The van der Waals surface area contributed by atoms with Crippen molar-refractivity contribution in [3.63, 3.8) is 0 Å². The lowest BCUT2D eigenvalue weighted by atomic mass is 10.2. The Labute approximate surface area is 195 Å². The van der Waals surface area contributed by atoms with Crippen LogP contribution < -0.4 is 15.1 Å². The van der Waals surface area contributed by atoms with E-state index in [4.69, 9.17) is 0 Å². The van der Waals surface area contributed by atoms with Gasteiger partial charge in [-0.15, -0.1) is 24.0 Å². The van der Waals surface area contributed by atoms with Gasteiger partial charge in [0, 0.05) is 51.2 Å². The Bertz CT molecular complexity index is 867. The van der Waals surface area contributed by atoms with Gasteiger partial charge in [-0.25, -0.2) is 9.98 Å². The second-order valence-electron chi connectivity index (χ2n) is 7.26. The van der Waals surface area contributed by atoms with E-state index >= 15 is 0 Å². The number of hydrogen-bond donors (Lipinski definition) is 1. The van der Waals surface area contributed by atoms with Crippen molar-refractivity contribution in [2.45, 2.75) is 13.3 Å². The van der Waals surface area contributed by atoms with Crippen LogP contribution in [0.4, 0.5) is 11.5 Å². The highest BCUT2D eigenvalue weighted by Crippen LogP contribution is 2.27. The maximum absolute atomic E-state index is 12.8. The molecule has 30 heavy (non-hydrogen) atoms. The highest BCUT2D eigenvalue weighted by atomic mass is 127. The third kappa shape index (κ3) is 5.03. The quantitative estimate of drug-likeness (QED) is 0.381. The van der Waals surface area contributed by atoms with Crippen LogP contribution in [0.25, 0.3) is 0 Å². The molecule has 4 rings (SSSR count). The Hall–Kier alpha value is -2.36. The Morgan fingerprint density at radius 3 is 2.57 bits per heavy atom. The number of rotatable bonds is 4. The van der Waals surface area contributed by atoms with Crippen molar-refractivity contribution in [2.75, 3.05) is 55.6 Å². The lowest BCUT2D eigenvalue weighted by molar-refractivity contribution is -0.117. The second kappa shape index (κ2) is 10.6. The van der Waals surface area contributed by atoms with Gasteiger partial charge in [0.1, 0.15) is 12.4 Å². The summed E-state index contributed by atoms with van der Waals surface area (Å²) in [6, 6.07) is 14.1. The lowest BCUT2D eigenvalue weighted by Crippen LogP contribution is -2.53. The van der Waals surface area contributed by atoms with Gasteiger partial charge in [-0.05, 0) is 37.1 Å². The topological polar surface area (TPSA) is 64.1 Å². The van der Waals surface area contributed by atoms with Gasteiger partial charge in [-0.1, -0.05) is 24.3 Å². The smallest absolute Gasteiger partial charge is 0.248 e. The van der Waals surface area contributed by atoms with Gasteiger partial charge in [0.05, 0.1) is 0 Å². The predicted octanol–water partition coefficient (Wildman–Crippen LogP) is 2.38. The van der Waals surface area contributed by atoms with Crippen LogP contribution in [0.3, 0.4) is 0 Å². The van der Waals surface area contributed by atoms with Gasteiger partial charge in [0.15, 0.2) is 5.96 Å². The van der Waals surface area contributed by atoms with Crippen LogP contribution in [0.15, 0.2) is 53.7 Å². The molecular formula is C22H29IN6O. The molecule has 0 bridgehead atoms. The molecule has 160 valence electrons. The largest absolute Gasteiger partial charge is 0.357 e. The van der Waals surface area contributed by atoms with Gasteiger partial charge >= 0.3 is 0 Å². The van der Waals surface area contributed by atoms with E-state index in [-0.39, 0.29) is 36.4 Å². The summed E-state index contributed by atoms with van der Waals surface area (Å²) in [5, 5.41) is 3.34. The molecule has 7 nitrogen and oxygen atoms in total. The lowest BCUT2D eigenvalue weighted by Gasteiger charge is -2.37. The first-order valence-electron chi connectivity index (χ1n) is 10.3. The summed E-state index contributed by atoms with van der Waals surface area (Å²) >= 11 is 0. The van der Waals surface area contributed by atoms with Crippen LogP contribution in [-0.2, 0) is 11.2 Å². The molecule has 0 radical (unpaired) electrons. The number of halogens is 1. The number of guanidine groups is 1. The molecule has 1 N–H and O–H groups in total. The number of benzene rings is 1. The highest BCUT2D eigenvalue weighted by molar-refractivity contribution is 14.0. The SMILES string of the molecule is CCNC(=NCC(=O)N1CCc2ccccc21)N1CCN(c2ccccn2)CC1.I. The number of fused-ring (bicyclic) bond motifs is 1. The first kappa shape index (κ1) is 22.3. The van der Waals surface area contributed by atoms with E-state index in [1.165, 1.54) is 5.56 Å². The number of anilines is 2. The number of carbonyl (C=O) groups is 1. The molecule has 2 aromatic rings. The van der Waals surface area contributed by atoms with Crippen molar-refractivity contribution in [1.29, 1.82) is 0 Å². The number of nitrogens with zero attached hydrogens (tertiary/aromatic N) is 5. The van der Waals surface area contributed by atoms with E-state index in [9.17, 15) is 4.79 Å². The van der Waals surface area contributed by atoms with Gasteiger partial charge in [0.25, 0.3) is 0 Å². The summed E-state index contributed by atoms with van der Waals surface area (Å²) in [5.41, 5.74) is 2.27. The molecule has 0 atom stereocenters. The number of aliphatic imine (C=N–C) groups is 1. The molecule has 0 unspecified atom stereocenters. The summed E-state index contributed by atoms with van der Waals surface area (Å²) in [6.07, 6.45) is 2.75. The number of hydrogen-bond acceptors (Lipinski definition) is 4. The molecule has 1 aromatic carbocycles. The molecule has 2 aliphatic rings. The fourth-order valence-corrected chi connectivity index (χ4v) is 3.94. The Kier molecular flexibility index (Phi) is 7.89. The van der Waals surface area contributed by atoms with Crippen molar-refractivity contribution in [1.82, 2.24) is 15.2 Å². The third-order valence-corrected chi connectivity index (χ3v) is 5.44. The fraction of sp³-hybridized carbons (Fsp3) is 0.409. The van der Waals surface area contributed by atoms with Crippen LogP contribution in [0.1, 0.15) is 12.5 Å². The van der Waals surface area contributed by atoms with Crippen LogP contribution in [0.2, 0.25) is 0 Å². The first-order valence-corrected chi connectivity index (χ1v) is 10.3. The number of para-hydroxylation sites is 1. The Morgan fingerprint density at radius 1 is 1.07 bits per heavy atom. The van der Waals surface area contributed by atoms with Gasteiger partial charge in [-0.2, -0.15) is 0 Å². The molecule has 1 amide bonds. The number of piperazine rings is 1. The van der Waals surface area contributed by atoms with E-state index in [0.717, 1.165) is 63.2 Å². The molecule has 0 saturated carbocycles. The van der Waals surface area contributed by atoms with Crippen LogP contribution in [0, 0.1) is 0 Å². The second-order valence-corrected chi connectivity index (χ2v) is 7.26. The predicted molar refractivity (Wildman–Crippen MR) is 132 cm³/mol.